The molecule has 3 aromatic carbocycles. The maximum atomic E-state index is 13.7. The second-order valence-corrected chi connectivity index (χ2v) is 18.3. The molecular formula is C41H50N4O5Si. The molecule has 0 bridgehead atoms. The zero-order valence-corrected chi connectivity index (χ0v) is 32.0. The zero-order valence-electron chi connectivity index (χ0n) is 31.0. The Balaban J connectivity index is 1.38. The Bertz CT molecular complexity index is 1870. The number of hydrogen-bond acceptors (Lipinski definition) is 6. The van der Waals surface area contributed by atoms with E-state index in [-0.39, 0.29) is 16.9 Å². The van der Waals surface area contributed by atoms with Crippen molar-refractivity contribution in [2.24, 2.45) is 0 Å². The number of rotatable bonds is 13. The van der Waals surface area contributed by atoms with Crippen LogP contribution in [0.25, 0.3) is 11.6 Å². The van der Waals surface area contributed by atoms with E-state index in [9.17, 15) is 14.4 Å². The van der Waals surface area contributed by atoms with Crippen LogP contribution in [-0.2, 0) is 14.0 Å². The van der Waals surface area contributed by atoms with Crippen molar-refractivity contribution in [3.63, 3.8) is 0 Å². The fraction of sp³-hybridized carbons (Fsp3) is 0.341. The molecule has 1 aliphatic heterocycles. The predicted molar refractivity (Wildman–Crippen MR) is 207 cm³/mol. The van der Waals surface area contributed by atoms with Gasteiger partial charge >= 0.3 is 5.97 Å². The van der Waals surface area contributed by atoms with E-state index in [1.54, 1.807) is 31.2 Å². The number of aromatic nitrogens is 1. The number of carbonyl (C=O) groups excluding carboxylic acids is 3. The Morgan fingerprint density at radius 2 is 1.55 bits per heavy atom. The van der Waals surface area contributed by atoms with E-state index in [1.807, 2.05) is 50.2 Å². The molecule has 1 aliphatic rings. The van der Waals surface area contributed by atoms with Gasteiger partial charge in [0.05, 0.1) is 11.1 Å². The maximum absolute atomic E-state index is 13.7. The minimum atomic E-state index is -3.00. The molecule has 51 heavy (non-hydrogen) atoms. The molecule has 268 valence electrons. The third-order valence-electron chi connectivity index (χ3n) is 9.69. The first kappa shape index (κ1) is 37.5. The molecule has 1 atom stereocenters. The zero-order chi connectivity index (χ0) is 36.9. The molecule has 2 amide bonds. The summed E-state index contributed by atoms with van der Waals surface area (Å²) in [5.41, 5.74) is 4.30. The molecule has 0 saturated heterocycles. The summed E-state index contributed by atoms with van der Waals surface area (Å²) in [6.07, 6.45) is 0.858. The fourth-order valence-corrected chi connectivity index (χ4v) is 11.6. The summed E-state index contributed by atoms with van der Waals surface area (Å²) < 4.78 is 12.9. The van der Waals surface area contributed by atoms with Crippen molar-refractivity contribution in [1.29, 1.82) is 0 Å². The molecule has 3 N–H and O–H groups in total. The van der Waals surface area contributed by atoms with Crippen molar-refractivity contribution in [1.82, 2.24) is 15.2 Å². The van der Waals surface area contributed by atoms with Crippen LogP contribution >= 0.6 is 0 Å². The first-order valence-corrected chi connectivity index (χ1v) is 19.6. The molecular weight excluding hydrogens is 657 g/mol. The van der Waals surface area contributed by atoms with E-state index in [4.69, 9.17) is 9.16 Å². The number of carbonyl (C=O) groups is 3. The van der Waals surface area contributed by atoms with Gasteiger partial charge in [0.1, 0.15) is 11.9 Å². The quantitative estimate of drug-likeness (QED) is 0.0674. The summed E-state index contributed by atoms with van der Waals surface area (Å²) in [7, 11) is -3.00. The van der Waals surface area contributed by atoms with Crippen LogP contribution in [0.2, 0.25) is 5.04 Å². The highest BCUT2D eigenvalue weighted by atomic mass is 28.4. The van der Waals surface area contributed by atoms with E-state index in [0.29, 0.717) is 40.4 Å². The van der Waals surface area contributed by atoms with Crippen molar-refractivity contribution in [3.8, 4) is 5.75 Å². The number of fused-ring (bicyclic) bond motifs is 1. The lowest BCUT2D eigenvalue weighted by Crippen LogP contribution is -2.68. The highest BCUT2D eigenvalue weighted by Gasteiger charge is 2.52. The Morgan fingerprint density at radius 1 is 0.941 bits per heavy atom. The van der Waals surface area contributed by atoms with Crippen molar-refractivity contribution in [2.75, 3.05) is 31.5 Å². The standard InChI is InChI=1S/C41H50N4O5Si/c1-9-45(10-2)24-23-42-39(47)37-27(3)36(43-28(37)4)26-34-33-25-30(21-22-35(33)44-38(34)46)49-40(48)29(5)50-51(41(6,7)8,31-17-13-11-14-18-31)32-19-15-12-16-20-32/h11-22,25-26,29,43H,9-10,23-24H2,1-8H3,(H,42,47)(H,44,46)/b34-26-/t29-/m0/s1. The van der Waals surface area contributed by atoms with Crippen molar-refractivity contribution >= 4 is 53.8 Å². The van der Waals surface area contributed by atoms with Crippen molar-refractivity contribution in [3.05, 3.63) is 107 Å². The topological polar surface area (TPSA) is 113 Å². The highest BCUT2D eigenvalue weighted by molar-refractivity contribution is 6.99. The van der Waals surface area contributed by atoms with Crippen molar-refractivity contribution < 1.29 is 23.5 Å². The first-order valence-electron chi connectivity index (χ1n) is 17.7. The maximum Gasteiger partial charge on any atom is 0.339 e. The largest absolute Gasteiger partial charge is 0.425 e. The average Bonchev–Trinajstić information content (AvgIpc) is 3.58. The lowest BCUT2D eigenvalue weighted by Gasteiger charge is -2.44. The number of ether oxygens (including phenoxy) is 1. The second-order valence-electron chi connectivity index (χ2n) is 14.0. The molecule has 0 unspecified atom stereocenters. The predicted octanol–water partition coefficient (Wildman–Crippen LogP) is 6.07. The van der Waals surface area contributed by atoms with Crippen molar-refractivity contribution in [2.45, 2.75) is 66.5 Å². The summed E-state index contributed by atoms with van der Waals surface area (Å²) in [6, 6.07) is 25.4. The first-order chi connectivity index (χ1) is 24.3. The Labute approximate surface area is 302 Å². The van der Waals surface area contributed by atoms with Crippen LogP contribution in [0.5, 0.6) is 5.75 Å². The number of H-pyrrole nitrogens is 1. The number of esters is 1. The number of hydrogen-bond donors (Lipinski definition) is 3. The molecule has 0 fully saturated rings. The number of likely N-dealkylation sites (N-methyl/N-ethyl adjacent to an activating group) is 1. The molecule has 2 heterocycles. The third-order valence-corrected chi connectivity index (χ3v) is 14.8. The normalized spacial score (nSPS) is 14.4. The van der Waals surface area contributed by atoms with Gasteiger partial charge in [-0.25, -0.2) is 4.79 Å². The number of aromatic amines is 1. The minimum Gasteiger partial charge on any atom is -0.425 e. The number of benzene rings is 3. The summed E-state index contributed by atoms with van der Waals surface area (Å²) in [4.78, 5) is 45.6. The third kappa shape index (κ3) is 7.78. The lowest BCUT2D eigenvalue weighted by molar-refractivity contribution is -0.141. The van der Waals surface area contributed by atoms with Gasteiger partial charge in [-0.15, -0.1) is 0 Å². The molecule has 9 nitrogen and oxygen atoms in total. The lowest BCUT2D eigenvalue weighted by atomic mass is 10.0. The van der Waals surface area contributed by atoms with Crippen LogP contribution in [0.4, 0.5) is 5.69 Å². The Morgan fingerprint density at radius 3 is 2.12 bits per heavy atom. The van der Waals surface area contributed by atoms with Gasteiger partial charge in [-0.1, -0.05) is 95.3 Å². The van der Waals surface area contributed by atoms with Crippen LogP contribution < -0.4 is 25.7 Å². The van der Waals surface area contributed by atoms with E-state index in [2.05, 4.69) is 79.4 Å². The summed E-state index contributed by atoms with van der Waals surface area (Å²) in [6.45, 7) is 19.3. The molecule has 0 saturated carbocycles. The molecule has 5 rings (SSSR count). The summed E-state index contributed by atoms with van der Waals surface area (Å²) in [5.74, 6) is -0.670. The average molecular weight is 707 g/mol. The molecule has 1 aromatic heterocycles. The van der Waals surface area contributed by atoms with Crippen LogP contribution in [-0.4, -0.2) is 68.3 Å². The van der Waals surface area contributed by atoms with Crippen LogP contribution in [0.1, 0.15) is 74.4 Å². The van der Waals surface area contributed by atoms with Gasteiger partial charge in [0, 0.05) is 35.7 Å². The Kier molecular flexibility index (Phi) is 11.5. The van der Waals surface area contributed by atoms with Gasteiger partial charge in [-0.05, 0) is 79.1 Å². The number of aryl methyl sites for hydroxylation is 1. The number of nitrogens with one attached hydrogen (secondary N) is 3. The number of anilines is 1. The van der Waals surface area contributed by atoms with Gasteiger partial charge in [0.15, 0.2) is 0 Å². The SMILES string of the molecule is CCN(CC)CCNC(=O)c1c(C)[nH]c(/C=C2\C(=O)Nc3ccc(OC(=O)[C@H](C)O[Si](c4ccccc4)(c4ccccc4)C(C)(C)C)cc32)c1C. The van der Waals surface area contributed by atoms with Gasteiger partial charge in [-0.2, -0.15) is 0 Å². The second kappa shape index (κ2) is 15.6. The minimum absolute atomic E-state index is 0.155. The Hall–Kier alpha value is -4.77. The van der Waals surface area contributed by atoms with E-state index < -0.39 is 20.4 Å². The summed E-state index contributed by atoms with van der Waals surface area (Å²) in [5, 5.41) is 7.75. The van der Waals surface area contributed by atoms with Crippen LogP contribution in [0, 0.1) is 13.8 Å². The van der Waals surface area contributed by atoms with Gasteiger partial charge in [0.25, 0.3) is 20.1 Å². The molecule has 0 radical (unpaired) electrons. The van der Waals surface area contributed by atoms with E-state index in [1.165, 1.54) is 0 Å². The van der Waals surface area contributed by atoms with Crippen LogP contribution in [0.15, 0.2) is 78.9 Å². The molecule has 10 heteroatoms. The van der Waals surface area contributed by atoms with Gasteiger partial charge in [0.2, 0.25) is 0 Å². The molecule has 0 spiro atoms. The van der Waals surface area contributed by atoms with Crippen LogP contribution in [0.3, 0.4) is 0 Å². The monoisotopic (exact) mass is 706 g/mol. The smallest absolute Gasteiger partial charge is 0.339 e. The number of nitrogens with zero attached hydrogens (tertiary/aromatic N) is 1. The van der Waals surface area contributed by atoms with Gasteiger partial charge in [-0.3, -0.25) is 9.59 Å². The molecule has 0 aliphatic carbocycles. The summed E-state index contributed by atoms with van der Waals surface area (Å²) >= 11 is 0. The highest BCUT2D eigenvalue weighted by Crippen LogP contribution is 2.39. The fourth-order valence-electron chi connectivity index (χ4n) is 6.94. The number of amides is 2. The van der Waals surface area contributed by atoms with Gasteiger partial charge < -0.3 is 29.7 Å². The molecule has 4 aromatic rings. The van der Waals surface area contributed by atoms with E-state index in [0.717, 1.165) is 41.3 Å². The van der Waals surface area contributed by atoms with E-state index >= 15 is 0 Å².